The molecule has 0 bridgehead atoms. The molecule has 0 radical (unpaired) electrons. The molecular weight excluding hydrogens is 346 g/mol. The summed E-state index contributed by atoms with van der Waals surface area (Å²) < 4.78 is 6.96. The quantitative estimate of drug-likeness (QED) is 0.713. The lowest BCUT2D eigenvalue weighted by Gasteiger charge is -2.30. The fourth-order valence-electron chi connectivity index (χ4n) is 4.15. The number of rotatable bonds is 8. The van der Waals surface area contributed by atoms with Crippen LogP contribution in [0.15, 0.2) is 12.4 Å². The summed E-state index contributed by atoms with van der Waals surface area (Å²) in [6.45, 7) is 5.46. The fourth-order valence-corrected chi connectivity index (χ4v) is 4.15. The summed E-state index contributed by atoms with van der Waals surface area (Å²) in [5, 5.41) is 3.41. The smallest absolute Gasteiger partial charge is 0.248 e. The van der Waals surface area contributed by atoms with E-state index >= 15 is 0 Å². The van der Waals surface area contributed by atoms with E-state index in [0.29, 0.717) is 6.54 Å². The van der Waals surface area contributed by atoms with Gasteiger partial charge in [-0.15, -0.1) is 0 Å². The molecule has 27 heavy (non-hydrogen) atoms. The van der Waals surface area contributed by atoms with Gasteiger partial charge < -0.3 is 24.4 Å². The highest BCUT2D eigenvalue weighted by molar-refractivity contribution is 5.85. The number of amides is 2. The first-order valence-corrected chi connectivity index (χ1v) is 9.74. The highest BCUT2D eigenvalue weighted by atomic mass is 16.5. The Labute approximate surface area is 160 Å². The van der Waals surface area contributed by atoms with Crippen molar-refractivity contribution in [2.75, 3.05) is 40.4 Å². The molecule has 1 saturated heterocycles. The lowest BCUT2D eigenvalue weighted by Crippen LogP contribution is -2.45. The number of carbonyl (C=O) groups excluding carboxylic acids is 2. The first-order valence-electron chi connectivity index (χ1n) is 9.74. The van der Waals surface area contributed by atoms with E-state index in [1.807, 2.05) is 11.1 Å². The third kappa shape index (κ3) is 4.32. The van der Waals surface area contributed by atoms with E-state index in [-0.39, 0.29) is 36.4 Å². The lowest BCUT2D eigenvalue weighted by molar-refractivity contribution is -0.142. The van der Waals surface area contributed by atoms with Gasteiger partial charge in [0.05, 0.1) is 13.1 Å². The average Bonchev–Trinajstić information content (AvgIpc) is 3.14. The zero-order valence-corrected chi connectivity index (χ0v) is 16.6. The molecule has 150 valence electrons. The Hall–Kier alpha value is -1.93. The molecular formula is C19H31N5O3. The lowest BCUT2D eigenvalue weighted by atomic mass is 9.93. The van der Waals surface area contributed by atoms with E-state index in [1.54, 1.807) is 13.2 Å². The van der Waals surface area contributed by atoms with Crippen LogP contribution >= 0.6 is 0 Å². The number of carbonyl (C=O) groups is 2. The molecule has 1 atom stereocenters. The van der Waals surface area contributed by atoms with Gasteiger partial charge in [-0.05, 0) is 44.7 Å². The molecule has 1 aliphatic carbocycles. The highest BCUT2D eigenvalue weighted by Crippen LogP contribution is 2.56. The molecule has 1 aromatic heterocycles. The zero-order chi connectivity index (χ0) is 19.4. The summed E-state index contributed by atoms with van der Waals surface area (Å²) in [6, 6.07) is 0.236. The number of nitrogens with zero attached hydrogens (tertiary/aromatic N) is 4. The molecule has 1 saturated carbocycles. The molecule has 8 heteroatoms. The molecule has 2 heterocycles. The number of nitrogens with one attached hydrogen (secondary N) is 1. The van der Waals surface area contributed by atoms with Gasteiger partial charge in [0.1, 0.15) is 12.4 Å². The van der Waals surface area contributed by atoms with E-state index in [4.69, 9.17) is 4.74 Å². The number of imidazole rings is 1. The Balaban J connectivity index is 1.73. The number of hydrogen-bond acceptors (Lipinski definition) is 5. The number of aromatic nitrogens is 2. The number of methoxy groups -OCH3 is 1. The first-order chi connectivity index (χ1) is 13.0. The van der Waals surface area contributed by atoms with Gasteiger partial charge in [-0.1, -0.05) is 0 Å². The number of aryl methyl sites for hydroxylation is 1. The van der Waals surface area contributed by atoms with Crippen molar-refractivity contribution in [2.24, 2.45) is 5.41 Å². The van der Waals surface area contributed by atoms with Crippen LogP contribution in [0, 0.1) is 5.41 Å². The Morgan fingerprint density at radius 1 is 1.37 bits per heavy atom. The maximum atomic E-state index is 13.1. The summed E-state index contributed by atoms with van der Waals surface area (Å²) in [5.41, 5.74) is 0.236. The van der Waals surface area contributed by atoms with Crippen molar-refractivity contribution in [1.82, 2.24) is 24.7 Å². The SMILES string of the molecule is CCn1ccnc1CN(C(=O)CN(C)C(=O)COC)C1CC12CCNCC2. The van der Waals surface area contributed by atoms with Crippen molar-refractivity contribution in [3.63, 3.8) is 0 Å². The van der Waals surface area contributed by atoms with Crippen LogP contribution in [0.4, 0.5) is 0 Å². The second kappa shape index (κ2) is 8.39. The first kappa shape index (κ1) is 19.8. The molecule has 2 aliphatic rings. The summed E-state index contributed by atoms with van der Waals surface area (Å²) in [7, 11) is 3.13. The minimum absolute atomic E-state index is 0.0109. The second-order valence-electron chi connectivity index (χ2n) is 7.67. The van der Waals surface area contributed by atoms with E-state index < -0.39 is 0 Å². The van der Waals surface area contributed by atoms with Gasteiger partial charge in [-0.2, -0.15) is 0 Å². The van der Waals surface area contributed by atoms with Gasteiger partial charge in [0, 0.05) is 39.1 Å². The van der Waals surface area contributed by atoms with Crippen LogP contribution in [-0.2, 0) is 27.4 Å². The van der Waals surface area contributed by atoms with Gasteiger partial charge in [-0.25, -0.2) is 4.98 Å². The zero-order valence-electron chi connectivity index (χ0n) is 16.6. The molecule has 1 unspecified atom stereocenters. The van der Waals surface area contributed by atoms with Crippen molar-refractivity contribution in [3.05, 3.63) is 18.2 Å². The molecule has 2 amide bonds. The molecule has 1 spiro atoms. The van der Waals surface area contributed by atoms with Gasteiger partial charge >= 0.3 is 0 Å². The molecule has 1 aromatic rings. The fraction of sp³-hybridized carbons (Fsp3) is 0.737. The minimum atomic E-state index is -0.187. The average molecular weight is 377 g/mol. The topological polar surface area (TPSA) is 79.7 Å². The molecule has 1 aliphatic heterocycles. The number of likely N-dealkylation sites (N-methyl/N-ethyl adjacent to an activating group) is 1. The van der Waals surface area contributed by atoms with Crippen molar-refractivity contribution >= 4 is 11.8 Å². The van der Waals surface area contributed by atoms with E-state index in [2.05, 4.69) is 21.8 Å². The predicted octanol–water partition coefficient (Wildman–Crippen LogP) is 0.479. The van der Waals surface area contributed by atoms with E-state index in [1.165, 1.54) is 12.0 Å². The number of piperidine rings is 1. The molecule has 0 aromatic carbocycles. The highest BCUT2D eigenvalue weighted by Gasteiger charge is 2.57. The maximum absolute atomic E-state index is 13.1. The van der Waals surface area contributed by atoms with Crippen molar-refractivity contribution in [1.29, 1.82) is 0 Å². The summed E-state index contributed by atoms with van der Waals surface area (Å²) in [4.78, 5) is 33.0. The Morgan fingerprint density at radius 3 is 2.78 bits per heavy atom. The standard InChI is InChI=1S/C19H31N5O3/c1-4-23-10-9-21-16(23)12-24(15-11-19(15)5-7-20-8-6-19)17(25)13-22(2)18(26)14-27-3/h9-10,15,20H,4-8,11-14H2,1-3H3. The largest absolute Gasteiger partial charge is 0.375 e. The monoisotopic (exact) mass is 377 g/mol. The van der Waals surface area contributed by atoms with Crippen LogP contribution in [0.25, 0.3) is 0 Å². The van der Waals surface area contributed by atoms with Crippen LogP contribution in [-0.4, -0.2) is 77.6 Å². The number of hydrogen-bond donors (Lipinski definition) is 1. The predicted molar refractivity (Wildman–Crippen MR) is 101 cm³/mol. The summed E-state index contributed by atoms with van der Waals surface area (Å²) in [5.74, 6) is 0.689. The van der Waals surface area contributed by atoms with Crippen molar-refractivity contribution in [2.45, 2.75) is 45.3 Å². The van der Waals surface area contributed by atoms with Gasteiger partial charge in [0.25, 0.3) is 0 Å². The van der Waals surface area contributed by atoms with Gasteiger partial charge in [0.2, 0.25) is 11.8 Å². The second-order valence-corrected chi connectivity index (χ2v) is 7.67. The van der Waals surface area contributed by atoms with Crippen LogP contribution in [0.2, 0.25) is 0 Å². The third-order valence-electron chi connectivity index (χ3n) is 5.96. The van der Waals surface area contributed by atoms with E-state index in [9.17, 15) is 9.59 Å². The minimum Gasteiger partial charge on any atom is -0.375 e. The van der Waals surface area contributed by atoms with Gasteiger partial charge in [0.15, 0.2) is 0 Å². The number of ether oxygens (including phenoxy) is 1. The summed E-state index contributed by atoms with van der Waals surface area (Å²) >= 11 is 0. The molecule has 3 rings (SSSR count). The van der Waals surface area contributed by atoms with E-state index in [0.717, 1.165) is 44.7 Å². The van der Waals surface area contributed by atoms with Crippen LogP contribution in [0.5, 0.6) is 0 Å². The van der Waals surface area contributed by atoms with Crippen molar-refractivity contribution in [3.8, 4) is 0 Å². The van der Waals surface area contributed by atoms with Crippen LogP contribution in [0.1, 0.15) is 32.0 Å². The third-order valence-corrected chi connectivity index (χ3v) is 5.96. The van der Waals surface area contributed by atoms with Crippen molar-refractivity contribution < 1.29 is 14.3 Å². The maximum Gasteiger partial charge on any atom is 0.248 e. The van der Waals surface area contributed by atoms with Gasteiger partial charge in [-0.3, -0.25) is 9.59 Å². The Morgan fingerprint density at radius 2 is 2.11 bits per heavy atom. The molecule has 2 fully saturated rings. The van der Waals surface area contributed by atoms with Crippen LogP contribution < -0.4 is 5.32 Å². The molecule has 1 N–H and O–H groups in total. The molecule has 8 nitrogen and oxygen atoms in total. The normalized spacial score (nSPS) is 20.5. The summed E-state index contributed by atoms with van der Waals surface area (Å²) in [6.07, 6.45) is 6.97. The Kier molecular flexibility index (Phi) is 6.16. The van der Waals surface area contributed by atoms with Crippen LogP contribution in [0.3, 0.4) is 0 Å². The Bertz CT molecular complexity index is 668.